The summed E-state index contributed by atoms with van der Waals surface area (Å²) in [7, 11) is 1.29. The number of urea groups is 1. The van der Waals surface area contributed by atoms with Gasteiger partial charge in [0, 0.05) is 31.1 Å². The van der Waals surface area contributed by atoms with E-state index in [4.69, 9.17) is 10.5 Å². The highest BCUT2D eigenvalue weighted by Crippen LogP contribution is 2.27. The molecule has 0 spiro atoms. The molecule has 0 bridgehead atoms. The van der Waals surface area contributed by atoms with E-state index >= 15 is 0 Å². The van der Waals surface area contributed by atoms with Crippen LogP contribution in [0.1, 0.15) is 5.56 Å². The molecule has 0 saturated heterocycles. The van der Waals surface area contributed by atoms with Gasteiger partial charge in [-0.2, -0.15) is 0 Å². The number of halogens is 2. The van der Waals surface area contributed by atoms with Crippen LogP contribution < -0.4 is 15.8 Å². The quantitative estimate of drug-likeness (QED) is 0.661. The van der Waals surface area contributed by atoms with Gasteiger partial charge in [-0.3, -0.25) is 9.69 Å². The molecule has 3 amide bonds. The first-order chi connectivity index (χ1) is 14.3. The Bertz CT molecular complexity index is 1070. The molecule has 0 aliphatic heterocycles. The van der Waals surface area contributed by atoms with Gasteiger partial charge in [0.05, 0.1) is 6.42 Å². The Morgan fingerprint density at radius 3 is 2.50 bits per heavy atom. The standard InChI is InChI=1S/C21H18F2N4O3/c1-27(20(28)10-13-2-4-14(22)5-3-13)21(29)26-15-6-7-18(17(23)11-15)30-16-8-9-25-19(24)12-16/h2-9,11-12H,10H2,1H3,(H2,24,25)(H,26,29). The van der Waals surface area contributed by atoms with Crippen molar-refractivity contribution < 1.29 is 23.1 Å². The van der Waals surface area contributed by atoms with Gasteiger partial charge in [-0.1, -0.05) is 12.1 Å². The molecule has 0 unspecified atom stereocenters. The number of hydrogen-bond donors (Lipinski definition) is 2. The van der Waals surface area contributed by atoms with Gasteiger partial charge in [0.15, 0.2) is 11.6 Å². The van der Waals surface area contributed by atoms with E-state index in [2.05, 4.69) is 10.3 Å². The molecule has 30 heavy (non-hydrogen) atoms. The third-order valence-electron chi connectivity index (χ3n) is 4.11. The number of rotatable bonds is 5. The SMILES string of the molecule is CN(C(=O)Cc1ccc(F)cc1)C(=O)Nc1ccc(Oc2ccnc(N)c2)c(F)c1. The molecular weight excluding hydrogens is 394 g/mol. The van der Waals surface area contributed by atoms with Gasteiger partial charge in [0.1, 0.15) is 17.4 Å². The molecular formula is C21H18F2N4O3. The minimum absolute atomic E-state index is 0.0701. The molecule has 3 aromatic rings. The highest BCUT2D eigenvalue weighted by molar-refractivity contribution is 6.01. The molecule has 0 fully saturated rings. The molecule has 154 valence electrons. The first-order valence-corrected chi connectivity index (χ1v) is 8.83. The fourth-order valence-electron chi connectivity index (χ4n) is 2.50. The number of imide groups is 1. The normalized spacial score (nSPS) is 10.4. The second-order valence-electron chi connectivity index (χ2n) is 6.35. The largest absolute Gasteiger partial charge is 0.454 e. The minimum atomic E-state index is -0.739. The van der Waals surface area contributed by atoms with Crippen molar-refractivity contribution in [1.82, 2.24) is 9.88 Å². The van der Waals surface area contributed by atoms with Crippen molar-refractivity contribution in [1.29, 1.82) is 0 Å². The Labute approximate surface area is 171 Å². The van der Waals surface area contributed by atoms with Crippen LogP contribution in [0.25, 0.3) is 0 Å². The number of nitrogens with zero attached hydrogens (tertiary/aromatic N) is 2. The van der Waals surface area contributed by atoms with Crippen LogP contribution in [0.2, 0.25) is 0 Å². The number of amides is 3. The summed E-state index contributed by atoms with van der Waals surface area (Å²) in [6.07, 6.45) is 1.34. The predicted molar refractivity (Wildman–Crippen MR) is 107 cm³/mol. The fraction of sp³-hybridized carbons (Fsp3) is 0.0952. The first-order valence-electron chi connectivity index (χ1n) is 8.83. The number of anilines is 2. The molecule has 3 rings (SSSR count). The second kappa shape index (κ2) is 8.99. The third kappa shape index (κ3) is 5.28. The van der Waals surface area contributed by atoms with Gasteiger partial charge in [0.25, 0.3) is 0 Å². The molecule has 9 heteroatoms. The van der Waals surface area contributed by atoms with Crippen molar-refractivity contribution in [2.45, 2.75) is 6.42 Å². The number of likely N-dealkylation sites (N-methyl/N-ethyl adjacent to an activating group) is 1. The maximum atomic E-state index is 14.3. The monoisotopic (exact) mass is 412 g/mol. The first kappa shape index (κ1) is 20.7. The van der Waals surface area contributed by atoms with E-state index in [0.29, 0.717) is 11.3 Å². The van der Waals surface area contributed by atoms with Crippen molar-refractivity contribution in [3.63, 3.8) is 0 Å². The Kier molecular flexibility index (Phi) is 6.21. The Balaban J connectivity index is 1.62. The van der Waals surface area contributed by atoms with Crippen LogP contribution in [0, 0.1) is 11.6 Å². The lowest BCUT2D eigenvalue weighted by atomic mass is 10.1. The Morgan fingerprint density at radius 2 is 1.83 bits per heavy atom. The van der Waals surface area contributed by atoms with Crippen molar-refractivity contribution in [3.8, 4) is 11.5 Å². The average Bonchev–Trinajstić information content (AvgIpc) is 2.71. The van der Waals surface area contributed by atoms with Gasteiger partial charge >= 0.3 is 6.03 Å². The molecule has 3 N–H and O–H groups in total. The maximum absolute atomic E-state index is 14.3. The Morgan fingerprint density at radius 1 is 1.10 bits per heavy atom. The Hall–Kier alpha value is -4.01. The molecule has 1 heterocycles. The highest BCUT2D eigenvalue weighted by atomic mass is 19.1. The van der Waals surface area contributed by atoms with Crippen LogP contribution in [0.4, 0.5) is 25.1 Å². The van der Waals surface area contributed by atoms with E-state index in [0.717, 1.165) is 11.0 Å². The fourth-order valence-corrected chi connectivity index (χ4v) is 2.50. The van der Waals surface area contributed by atoms with E-state index in [-0.39, 0.29) is 23.7 Å². The maximum Gasteiger partial charge on any atom is 0.328 e. The van der Waals surface area contributed by atoms with E-state index in [1.54, 1.807) is 0 Å². The summed E-state index contributed by atoms with van der Waals surface area (Å²) < 4.78 is 32.7. The molecule has 0 aliphatic rings. The van der Waals surface area contributed by atoms with E-state index in [1.165, 1.54) is 61.8 Å². The summed E-state index contributed by atoms with van der Waals surface area (Å²) in [5, 5.41) is 2.44. The van der Waals surface area contributed by atoms with Crippen LogP contribution in [0.5, 0.6) is 11.5 Å². The molecule has 0 atom stereocenters. The van der Waals surface area contributed by atoms with Crippen LogP contribution in [-0.4, -0.2) is 28.9 Å². The van der Waals surface area contributed by atoms with Gasteiger partial charge in [-0.25, -0.2) is 18.6 Å². The number of pyridine rings is 1. The number of ether oxygens (including phenoxy) is 1. The van der Waals surface area contributed by atoms with Crippen molar-refractivity contribution in [3.05, 3.63) is 78.0 Å². The number of carbonyl (C=O) groups is 2. The summed E-state index contributed by atoms with van der Waals surface area (Å²) in [4.78, 5) is 29.2. The number of aromatic nitrogens is 1. The summed E-state index contributed by atoms with van der Waals surface area (Å²) in [6, 6.07) is 11.4. The number of nitrogen functional groups attached to an aromatic ring is 1. The van der Waals surface area contributed by atoms with Gasteiger partial charge < -0.3 is 15.8 Å². The van der Waals surface area contributed by atoms with Crippen molar-refractivity contribution >= 4 is 23.4 Å². The van der Waals surface area contributed by atoms with Gasteiger partial charge in [0.2, 0.25) is 5.91 Å². The van der Waals surface area contributed by atoms with Gasteiger partial charge in [-0.05, 0) is 35.9 Å². The number of hydrogen-bond acceptors (Lipinski definition) is 5. The van der Waals surface area contributed by atoms with Crippen LogP contribution in [0.15, 0.2) is 60.8 Å². The zero-order valence-corrected chi connectivity index (χ0v) is 15.9. The summed E-state index contributed by atoms with van der Waals surface area (Å²) in [6.45, 7) is 0. The molecule has 7 nitrogen and oxygen atoms in total. The lowest BCUT2D eigenvalue weighted by Crippen LogP contribution is -2.37. The van der Waals surface area contributed by atoms with Crippen LogP contribution in [-0.2, 0) is 11.2 Å². The van der Waals surface area contributed by atoms with Crippen LogP contribution >= 0.6 is 0 Å². The lowest BCUT2D eigenvalue weighted by molar-refractivity contribution is -0.126. The number of benzene rings is 2. The smallest absolute Gasteiger partial charge is 0.328 e. The average molecular weight is 412 g/mol. The second-order valence-corrected chi connectivity index (χ2v) is 6.35. The minimum Gasteiger partial charge on any atom is -0.454 e. The van der Waals surface area contributed by atoms with E-state index in [1.807, 2.05) is 0 Å². The molecule has 0 radical (unpaired) electrons. The van der Waals surface area contributed by atoms with E-state index in [9.17, 15) is 18.4 Å². The van der Waals surface area contributed by atoms with Crippen LogP contribution in [0.3, 0.4) is 0 Å². The summed E-state index contributed by atoms with van der Waals surface area (Å²) in [5.74, 6) is -1.17. The zero-order chi connectivity index (χ0) is 21.7. The van der Waals surface area contributed by atoms with Gasteiger partial charge in [-0.15, -0.1) is 0 Å². The van der Waals surface area contributed by atoms with Crippen molar-refractivity contribution in [2.24, 2.45) is 0 Å². The topological polar surface area (TPSA) is 97.5 Å². The third-order valence-corrected chi connectivity index (χ3v) is 4.11. The lowest BCUT2D eigenvalue weighted by Gasteiger charge is -2.17. The molecule has 0 aliphatic carbocycles. The summed E-state index contributed by atoms with van der Waals surface area (Å²) in [5.41, 5.74) is 6.26. The predicted octanol–water partition coefficient (Wildman–Crippen LogP) is 3.97. The zero-order valence-electron chi connectivity index (χ0n) is 15.9. The van der Waals surface area contributed by atoms with Crippen molar-refractivity contribution in [2.75, 3.05) is 18.1 Å². The highest BCUT2D eigenvalue weighted by Gasteiger charge is 2.18. The molecule has 0 saturated carbocycles. The number of nitrogens with one attached hydrogen (secondary N) is 1. The number of nitrogens with two attached hydrogens (primary N) is 1. The number of carbonyl (C=O) groups excluding carboxylic acids is 2. The van der Waals surface area contributed by atoms with E-state index < -0.39 is 23.6 Å². The summed E-state index contributed by atoms with van der Waals surface area (Å²) >= 11 is 0. The molecule has 2 aromatic carbocycles. The molecule has 1 aromatic heterocycles.